The fraction of sp³-hybridized carbons (Fsp3) is 0. The van der Waals surface area contributed by atoms with Crippen molar-refractivity contribution < 1.29 is 4.39 Å². The van der Waals surface area contributed by atoms with Crippen molar-refractivity contribution in [2.75, 3.05) is 0 Å². The lowest BCUT2D eigenvalue weighted by molar-refractivity contribution is 0.625. The Morgan fingerprint density at radius 1 is 1.62 bits per heavy atom. The predicted molar refractivity (Wildman–Crippen MR) is 31.6 cm³/mol. The average molecular weight is 129 g/mol. The topological polar surface area (TPSA) is 15.8 Å². The highest BCUT2D eigenvalue weighted by Crippen LogP contribution is 1.92. The van der Waals surface area contributed by atoms with E-state index in [0.29, 0.717) is 4.64 Å². The first kappa shape index (κ1) is 5.44. The van der Waals surface area contributed by atoms with Gasteiger partial charge < -0.3 is 4.98 Å². The summed E-state index contributed by atoms with van der Waals surface area (Å²) in [5.41, 5.74) is 0. The number of nitrogens with one attached hydrogen (secondary N) is 1. The van der Waals surface area contributed by atoms with E-state index in [1.165, 1.54) is 18.3 Å². The summed E-state index contributed by atoms with van der Waals surface area (Å²) in [7, 11) is 0. The zero-order valence-electron chi connectivity index (χ0n) is 4.02. The zero-order valence-corrected chi connectivity index (χ0v) is 4.83. The molecule has 1 N–H and O–H groups in total. The average Bonchev–Trinajstić information content (AvgIpc) is 1.64. The van der Waals surface area contributed by atoms with Crippen molar-refractivity contribution in [3.8, 4) is 0 Å². The molecule has 0 unspecified atom stereocenters. The largest absolute Gasteiger partial charge is 0.353 e. The van der Waals surface area contributed by atoms with Gasteiger partial charge in [-0.2, -0.15) is 0 Å². The number of rotatable bonds is 0. The molecule has 0 amide bonds. The molecule has 42 valence electrons. The molecule has 3 heteroatoms. The van der Waals surface area contributed by atoms with E-state index >= 15 is 0 Å². The minimum atomic E-state index is -0.297. The summed E-state index contributed by atoms with van der Waals surface area (Å²) in [4.78, 5) is 2.65. The summed E-state index contributed by atoms with van der Waals surface area (Å²) in [6.45, 7) is 0. The maximum Gasteiger partial charge on any atom is 0.127 e. The molecule has 0 aliphatic carbocycles. The Balaban J connectivity index is 3.28. The van der Waals surface area contributed by atoms with Crippen molar-refractivity contribution in [3.05, 3.63) is 28.8 Å². The van der Waals surface area contributed by atoms with Crippen LogP contribution in [0.4, 0.5) is 4.39 Å². The molecular formula is C5H4FNS. The van der Waals surface area contributed by atoms with Crippen LogP contribution in [0.15, 0.2) is 18.3 Å². The molecule has 0 aliphatic rings. The Morgan fingerprint density at radius 2 is 2.38 bits per heavy atom. The van der Waals surface area contributed by atoms with Gasteiger partial charge in [-0.1, -0.05) is 12.2 Å². The second-order valence-electron chi connectivity index (χ2n) is 1.37. The van der Waals surface area contributed by atoms with E-state index in [2.05, 4.69) is 17.2 Å². The molecule has 1 aromatic heterocycles. The lowest BCUT2D eigenvalue weighted by Gasteiger charge is -1.82. The van der Waals surface area contributed by atoms with Crippen LogP contribution in [0.5, 0.6) is 0 Å². The molecule has 1 rings (SSSR count). The lowest BCUT2D eigenvalue weighted by atomic mass is 10.5. The van der Waals surface area contributed by atoms with Crippen LogP contribution in [0.2, 0.25) is 0 Å². The number of hydrogen-bond donors (Lipinski definition) is 1. The molecule has 1 nitrogen and oxygen atoms in total. The smallest absolute Gasteiger partial charge is 0.127 e. The number of H-pyrrole nitrogens is 1. The molecule has 0 bridgehead atoms. The van der Waals surface area contributed by atoms with E-state index in [1.54, 1.807) is 0 Å². The standard InChI is InChI=1S/C5H4FNS/c6-4-1-2-7-5(8)3-4/h1-3H,(H,7,8). The van der Waals surface area contributed by atoms with Crippen LogP contribution in [-0.2, 0) is 0 Å². The maximum atomic E-state index is 12.1. The van der Waals surface area contributed by atoms with E-state index < -0.39 is 0 Å². The van der Waals surface area contributed by atoms with E-state index in [0.717, 1.165) is 0 Å². The summed E-state index contributed by atoms with van der Waals surface area (Å²) in [5, 5.41) is 0. The molecular weight excluding hydrogens is 125 g/mol. The van der Waals surface area contributed by atoms with E-state index in [1.807, 2.05) is 0 Å². The fourth-order valence-corrected chi connectivity index (χ4v) is 0.599. The third-order valence-electron chi connectivity index (χ3n) is 0.737. The van der Waals surface area contributed by atoms with Crippen LogP contribution < -0.4 is 0 Å². The van der Waals surface area contributed by atoms with Gasteiger partial charge in [0.1, 0.15) is 10.5 Å². The fourth-order valence-electron chi connectivity index (χ4n) is 0.418. The van der Waals surface area contributed by atoms with Gasteiger partial charge in [0.05, 0.1) is 0 Å². The Hall–Kier alpha value is -0.700. The van der Waals surface area contributed by atoms with Gasteiger partial charge in [0.2, 0.25) is 0 Å². The molecule has 0 saturated carbocycles. The quantitative estimate of drug-likeness (QED) is 0.529. The van der Waals surface area contributed by atoms with E-state index in [4.69, 9.17) is 0 Å². The van der Waals surface area contributed by atoms with Crippen molar-refractivity contribution in [2.45, 2.75) is 0 Å². The second kappa shape index (κ2) is 2.05. The summed E-state index contributed by atoms with van der Waals surface area (Å²) in [5.74, 6) is -0.297. The first-order valence-corrected chi connectivity index (χ1v) is 2.54. The van der Waals surface area contributed by atoms with Crippen LogP contribution >= 0.6 is 12.2 Å². The normalized spacial score (nSPS) is 9.12. The van der Waals surface area contributed by atoms with Crippen molar-refractivity contribution >= 4 is 12.2 Å². The van der Waals surface area contributed by atoms with Gasteiger partial charge >= 0.3 is 0 Å². The summed E-state index contributed by atoms with van der Waals surface area (Å²) < 4.78 is 12.5. The van der Waals surface area contributed by atoms with Gasteiger partial charge in [-0.3, -0.25) is 0 Å². The highest BCUT2D eigenvalue weighted by Gasteiger charge is 1.81. The third-order valence-corrected chi connectivity index (χ3v) is 0.973. The summed E-state index contributed by atoms with van der Waals surface area (Å²) in [6.07, 6.45) is 1.47. The Kier molecular flexibility index (Phi) is 1.39. The number of aromatic nitrogens is 1. The number of hydrogen-bond acceptors (Lipinski definition) is 1. The molecule has 1 heterocycles. The molecule has 0 saturated heterocycles. The Labute approximate surface area is 51.2 Å². The maximum absolute atomic E-state index is 12.1. The SMILES string of the molecule is Fc1cc[nH]c(=S)c1. The Bertz CT molecular complexity index is 230. The lowest BCUT2D eigenvalue weighted by Crippen LogP contribution is -1.73. The van der Waals surface area contributed by atoms with Crippen molar-refractivity contribution in [1.82, 2.24) is 4.98 Å². The van der Waals surface area contributed by atoms with Crippen molar-refractivity contribution in [2.24, 2.45) is 0 Å². The van der Waals surface area contributed by atoms with Crippen LogP contribution in [-0.4, -0.2) is 4.98 Å². The molecule has 0 aromatic carbocycles. The molecule has 0 radical (unpaired) electrons. The first-order chi connectivity index (χ1) is 3.79. The molecule has 0 spiro atoms. The minimum absolute atomic E-state index is 0.297. The van der Waals surface area contributed by atoms with Crippen LogP contribution in [0.3, 0.4) is 0 Å². The zero-order chi connectivity index (χ0) is 5.98. The van der Waals surface area contributed by atoms with Crippen molar-refractivity contribution in [3.63, 3.8) is 0 Å². The van der Waals surface area contributed by atoms with Gasteiger partial charge in [-0.25, -0.2) is 4.39 Å². The van der Waals surface area contributed by atoms with Gasteiger partial charge in [0.15, 0.2) is 0 Å². The first-order valence-electron chi connectivity index (χ1n) is 2.13. The van der Waals surface area contributed by atoms with Crippen molar-refractivity contribution in [1.29, 1.82) is 0 Å². The summed E-state index contributed by atoms with van der Waals surface area (Å²) >= 11 is 4.60. The highest BCUT2D eigenvalue weighted by molar-refractivity contribution is 7.71. The van der Waals surface area contributed by atoms with Gasteiger partial charge in [0.25, 0.3) is 0 Å². The number of aromatic amines is 1. The van der Waals surface area contributed by atoms with Gasteiger partial charge in [0, 0.05) is 12.3 Å². The van der Waals surface area contributed by atoms with Crippen LogP contribution in [0.25, 0.3) is 0 Å². The predicted octanol–water partition coefficient (Wildman–Crippen LogP) is 1.88. The number of halogens is 1. The Morgan fingerprint density at radius 3 is 2.75 bits per heavy atom. The van der Waals surface area contributed by atoms with E-state index in [-0.39, 0.29) is 5.82 Å². The summed E-state index contributed by atoms with van der Waals surface area (Å²) in [6, 6.07) is 2.57. The monoisotopic (exact) mass is 129 g/mol. The minimum Gasteiger partial charge on any atom is -0.353 e. The molecule has 8 heavy (non-hydrogen) atoms. The highest BCUT2D eigenvalue weighted by atomic mass is 32.1. The second-order valence-corrected chi connectivity index (χ2v) is 1.81. The van der Waals surface area contributed by atoms with Crippen LogP contribution in [0.1, 0.15) is 0 Å². The van der Waals surface area contributed by atoms with Gasteiger partial charge in [-0.05, 0) is 6.07 Å². The van der Waals surface area contributed by atoms with Crippen LogP contribution in [0, 0.1) is 10.5 Å². The molecule has 0 fully saturated rings. The third kappa shape index (κ3) is 1.13. The number of pyridine rings is 1. The van der Waals surface area contributed by atoms with E-state index in [9.17, 15) is 4.39 Å². The van der Waals surface area contributed by atoms with Gasteiger partial charge in [-0.15, -0.1) is 0 Å². The molecule has 0 aliphatic heterocycles. The molecule has 0 atom stereocenters. The molecule has 1 aromatic rings.